The van der Waals surface area contributed by atoms with Crippen LogP contribution in [0.1, 0.15) is 65.7 Å². The van der Waals surface area contributed by atoms with Gasteiger partial charge in [0.1, 0.15) is 0 Å². The summed E-state index contributed by atoms with van der Waals surface area (Å²) < 4.78 is 1.11. The van der Waals surface area contributed by atoms with E-state index in [-0.39, 0.29) is 28.6 Å². The van der Waals surface area contributed by atoms with E-state index in [1.54, 1.807) is 11.3 Å². The monoisotopic (exact) mass is 477 g/mol. The van der Waals surface area contributed by atoms with Crippen molar-refractivity contribution in [3.05, 3.63) is 35.5 Å². The first-order valence-corrected chi connectivity index (χ1v) is 13.7. The molecule has 180 valence electrons. The zero-order valence-corrected chi connectivity index (χ0v) is 21.5. The molecular formula is C28H35N3O2S. The summed E-state index contributed by atoms with van der Waals surface area (Å²) in [5.41, 5.74) is 3.76. The normalized spacial score (nSPS) is 37.4. The van der Waals surface area contributed by atoms with Gasteiger partial charge in [-0.15, -0.1) is 0 Å². The largest absolute Gasteiger partial charge is 0.319 e. The van der Waals surface area contributed by atoms with Gasteiger partial charge >= 0.3 is 0 Å². The number of hydrogen-bond donors (Lipinski definition) is 1. The third kappa shape index (κ3) is 3.06. The molecule has 2 unspecified atom stereocenters. The van der Waals surface area contributed by atoms with Gasteiger partial charge in [-0.25, -0.2) is 4.98 Å². The minimum atomic E-state index is 0.0342. The molecule has 0 radical (unpaired) electrons. The summed E-state index contributed by atoms with van der Waals surface area (Å²) in [7, 11) is 1.98. The number of piperidine rings is 1. The minimum absolute atomic E-state index is 0.0342. The molecule has 2 aromatic rings. The lowest BCUT2D eigenvalue weighted by Gasteiger charge is -2.59. The van der Waals surface area contributed by atoms with E-state index >= 15 is 0 Å². The van der Waals surface area contributed by atoms with Gasteiger partial charge in [0, 0.05) is 30.5 Å². The summed E-state index contributed by atoms with van der Waals surface area (Å²) >= 11 is 1.56. The van der Waals surface area contributed by atoms with Crippen LogP contribution in [0.5, 0.6) is 0 Å². The topological polar surface area (TPSA) is 62.3 Å². The van der Waals surface area contributed by atoms with Crippen molar-refractivity contribution < 1.29 is 9.59 Å². The second kappa shape index (κ2) is 7.64. The Labute approximate surface area is 206 Å². The van der Waals surface area contributed by atoms with Crippen LogP contribution in [0.4, 0.5) is 5.13 Å². The number of anilines is 1. The van der Waals surface area contributed by atoms with Gasteiger partial charge in [0.25, 0.3) is 0 Å². The standard InChI is InChI=1S/C28H35N3O2S/c1-16-15-17-18-9-10-20(25(33)30-26-29-21-7-5-6-8-22(21)34-26)27(18,2)13-11-19(17)28(3)14-12-23(32)31(4)24(16)28/h5-8,17-20H,9-15H2,1-4H3,(H,29,30,33)/t17?,18-,19?,20+,27-,28+/m0/s1. The number of fused-ring (bicyclic) bond motifs is 6. The predicted molar refractivity (Wildman–Crippen MR) is 136 cm³/mol. The number of benzene rings is 1. The molecule has 1 aromatic heterocycles. The second-order valence-electron chi connectivity index (χ2n) is 11.7. The molecule has 1 aliphatic heterocycles. The van der Waals surface area contributed by atoms with Gasteiger partial charge < -0.3 is 10.2 Å². The average molecular weight is 478 g/mol. The van der Waals surface area contributed by atoms with E-state index in [4.69, 9.17) is 0 Å². The van der Waals surface area contributed by atoms with Crippen LogP contribution in [0, 0.1) is 34.5 Å². The molecule has 5 nitrogen and oxygen atoms in total. The van der Waals surface area contributed by atoms with E-state index in [0.717, 1.165) is 53.9 Å². The summed E-state index contributed by atoms with van der Waals surface area (Å²) in [6.45, 7) is 7.05. The number of aromatic nitrogens is 1. The lowest BCUT2D eigenvalue weighted by atomic mass is 9.48. The molecule has 2 heterocycles. The molecule has 3 fully saturated rings. The molecule has 1 N–H and O–H groups in total. The molecule has 6 rings (SSSR count). The number of carbonyl (C=O) groups is 2. The number of allylic oxidation sites excluding steroid dienone is 2. The van der Waals surface area contributed by atoms with Gasteiger partial charge in [-0.1, -0.05) is 42.9 Å². The first-order valence-electron chi connectivity index (χ1n) is 12.9. The zero-order valence-electron chi connectivity index (χ0n) is 20.7. The van der Waals surface area contributed by atoms with Crippen LogP contribution in [0.3, 0.4) is 0 Å². The molecule has 2 amide bonds. The van der Waals surface area contributed by atoms with Crippen molar-refractivity contribution in [2.75, 3.05) is 12.4 Å². The van der Waals surface area contributed by atoms with Gasteiger partial charge in [0.15, 0.2) is 5.13 Å². The van der Waals surface area contributed by atoms with Crippen molar-refractivity contribution in [3.63, 3.8) is 0 Å². The van der Waals surface area contributed by atoms with Crippen LogP contribution in [0.2, 0.25) is 0 Å². The maximum absolute atomic E-state index is 13.5. The van der Waals surface area contributed by atoms with Gasteiger partial charge in [-0.05, 0) is 80.8 Å². The number of hydrogen-bond acceptors (Lipinski definition) is 4. The first kappa shape index (κ1) is 22.3. The van der Waals surface area contributed by atoms with Crippen LogP contribution in [-0.4, -0.2) is 28.7 Å². The summed E-state index contributed by atoms with van der Waals surface area (Å²) in [6.07, 6.45) is 7.03. The Balaban J connectivity index is 1.27. The summed E-state index contributed by atoms with van der Waals surface area (Å²) in [4.78, 5) is 32.7. The fourth-order valence-corrected chi connectivity index (χ4v) is 9.53. The molecule has 0 bridgehead atoms. The van der Waals surface area contributed by atoms with Crippen molar-refractivity contribution in [3.8, 4) is 0 Å². The smallest absolute Gasteiger partial charge is 0.229 e. The van der Waals surface area contributed by atoms with Crippen LogP contribution < -0.4 is 5.32 Å². The van der Waals surface area contributed by atoms with Gasteiger partial charge in [-0.3, -0.25) is 9.59 Å². The maximum atomic E-state index is 13.5. The fourth-order valence-electron chi connectivity index (χ4n) is 8.66. The van der Waals surface area contributed by atoms with E-state index in [2.05, 4.69) is 37.1 Å². The Bertz CT molecular complexity index is 1180. The summed E-state index contributed by atoms with van der Waals surface area (Å²) in [5.74, 6) is 2.23. The van der Waals surface area contributed by atoms with E-state index in [1.807, 2.05) is 30.1 Å². The Morgan fingerprint density at radius 1 is 1.15 bits per heavy atom. The van der Waals surface area contributed by atoms with Crippen LogP contribution >= 0.6 is 11.3 Å². The quantitative estimate of drug-likeness (QED) is 0.558. The second-order valence-corrected chi connectivity index (χ2v) is 12.8. The van der Waals surface area contributed by atoms with Crippen LogP contribution in [0.25, 0.3) is 10.2 Å². The zero-order chi connectivity index (χ0) is 23.8. The third-order valence-electron chi connectivity index (χ3n) is 10.2. The molecule has 3 aliphatic carbocycles. The molecule has 6 atom stereocenters. The van der Waals surface area contributed by atoms with Gasteiger partial charge in [0.2, 0.25) is 11.8 Å². The molecule has 34 heavy (non-hydrogen) atoms. The van der Waals surface area contributed by atoms with Gasteiger partial charge in [0.05, 0.1) is 10.2 Å². The lowest BCUT2D eigenvalue weighted by Crippen LogP contribution is -2.54. The van der Waals surface area contributed by atoms with E-state index in [0.29, 0.717) is 24.2 Å². The highest BCUT2D eigenvalue weighted by atomic mass is 32.1. The maximum Gasteiger partial charge on any atom is 0.229 e. The summed E-state index contributed by atoms with van der Waals surface area (Å²) in [5, 5.41) is 3.91. The highest BCUT2D eigenvalue weighted by molar-refractivity contribution is 7.22. The molecular weight excluding hydrogens is 442 g/mol. The molecule has 2 saturated carbocycles. The number of amides is 2. The Morgan fingerprint density at radius 3 is 2.74 bits per heavy atom. The highest BCUT2D eigenvalue weighted by Crippen LogP contribution is 2.66. The number of nitrogens with zero attached hydrogens (tertiary/aromatic N) is 2. The van der Waals surface area contributed by atoms with E-state index in [9.17, 15) is 9.59 Å². The van der Waals surface area contributed by atoms with Crippen LogP contribution in [0.15, 0.2) is 35.5 Å². The molecule has 0 spiro atoms. The number of rotatable bonds is 2. The molecule has 4 aliphatic rings. The number of para-hydroxylation sites is 1. The van der Waals surface area contributed by atoms with Crippen molar-refractivity contribution in [2.24, 2.45) is 34.5 Å². The number of thiazole rings is 1. The number of likely N-dealkylation sites (tertiary alicyclic amines) is 1. The van der Waals surface area contributed by atoms with Crippen molar-refractivity contribution in [1.29, 1.82) is 0 Å². The number of carbonyl (C=O) groups excluding carboxylic acids is 2. The SMILES string of the molecule is CC1=C2N(C)C(=O)CC[C@]2(C)C2CC[C@]3(C)[C@@H](C(=O)Nc4nc5ccccc5s4)CC[C@H]3C2C1. The third-order valence-corrected chi connectivity index (χ3v) is 11.1. The Kier molecular flexibility index (Phi) is 5.01. The fraction of sp³-hybridized carbons (Fsp3) is 0.607. The minimum Gasteiger partial charge on any atom is -0.319 e. The van der Waals surface area contributed by atoms with Crippen molar-refractivity contribution >= 4 is 38.5 Å². The first-order chi connectivity index (χ1) is 16.2. The molecule has 1 saturated heterocycles. The van der Waals surface area contributed by atoms with E-state index in [1.165, 1.54) is 11.3 Å². The summed E-state index contributed by atoms with van der Waals surface area (Å²) in [6, 6.07) is 8.06. The van der Waals surface area contributed by atoms with Crippen molar-refractivity contribution in [2.45, 2.75) is 65.7 Å². The molecule has 6 heteroatoms. The Hall–Kier alpha value is -2.21. The van der Waals surface area contributed by atoms with Gasteiger partial charge in [-0.2, -0.15) is 0 Å². The highest BCUT2D eigenvalue weighted by Gasteiger charge is 2.61. The van der Waals surface area contributed by atoms with E-state index < -0.39 is 0 Å². The van der Waals surface area contributed by atoms with Crippen molar-refractivity contribution in [1.82, 2.24) is 9.88 Å². The molecule has 1 aromatic carbocycles. The lowest BCUT2D eigenvalue weighted by molar-refractivity contribution is -0.137. The number of nitrogens with one attached hydrogen (secondary N) is 1. The van der Waals surface area contributed by atoms with Crippen LogP contribution in [-0.2, 0) is 9.59 Å². The Morgan fingerprint density at radius 2 is 1.94 bits per heavy atom. The predicted octanol–water partition coefficient (Wildman–Crippen LogP) is 6.23. The average Bonchev–Trinajstić information content (AvgIpc) is 3.36.